The van der Waals surface area contributed by atoms with Gasteiger partial charge in [-0.15, -0.1) is 11.3 Å². The van der Waals surface area contributed by atoms with Gasteiger partial charge in [0.05, 0.1) is 16.4 Å². The summed E-state index contributed by atoms with van der Waals surface area (Å²) in [5.74, 6) is 0.241. The van der Waals surface area contributed by atoms with Gasteiger partial charge in [-0.3, -0.25) is 10.1 Å². The summed E-state index contributed by atoms with van der Waals surface area (Å²) >= 11 is 1.45. The Kier molecular flexibility index (Phi) is 5.15. The van der Waals surface area contributed by atoms with E-state index < -0.39 is 11.0 Å². The second-order valence-corrected chi connectivity index (χ2v) is 7.16. The summed E-state index contributed by atoms with van der Waals surface area (Å²) in [6, 6.07) is 11.9. The number of thiophene rings is 1. The number of aliphatic hydroxyl groups excluding tert-OH is 1. The van der Waals surface area contributed by atoms with E-state index in [1.807, 2.05) is 5.38 Å². The lowest BCUT2D eigenvalue weighted by Crippen LogP contribution is -2.13. The molecule has 0 saturated heterocycles. The topological polar surface area (TPSA) is 101 Å². The van der Waals surface area contributed by atoms with Crippen molar-refractivity contribution in [2.24, 2.45) is 0 Å². The van der Waals surface area contributed by atoms with Crippen molar-refractivity contribution >= 4 is 33.1 Å². The molecule has 2 aromatic heterocycles. The number of nitro groups is 1. The third-order valence-corrected chi connectivity index (χ3v) is 5.36. The van der Waals surface area contributed by atoms with E-state index in [9.17, 15) is 19.6 Å². The molecular weight excluding hydrogens is 395 g/mol. The van der Waals surface area contributed by atoms with Crippen LogP contribution in [0.25, 0.3) is 21.3 Å². The minimum absolute atomic E-state index is 0.0337. The Labute approximate surface area is 168 Å². The molecule has 1 atom stereocenters. The average Bonchev–Trinajstić information content (AvgIpc) is 3.17. The third-order valence-electron chi connectivity index (χ3n) is 4.48. The maximum absolute atomic E-state index is 13.3. The lowest BCUT2D eigenvalue weighted by atomic mass is 10.1. The molecule has 0 saturated carbocycles. The highest BCUT2D eigenvalue weighted by molar-refractivity contribution is 7.17. The van der Waals surface area contributed by atoms with Gasteiger partial charge in [0.25, 0.3) is 5.69 Å². The molecule has 29 heavy (non-hydrogen) atoms. The SMILES string of the molecule is O=[N+]([O-])c1ccc([C@@H](O)CNc2ncnc3scc(-c4ccc(F)cc4)c23)cc1. The summed E-state index contributed by atoms with van der Waals surface area (Å²) in [6.07, 6.45) is 0.558. The number of hydrogen-bond acceptors (Lipinski definition) is 7. The van der Waals surface area contributed by atoms with E-state index >= 15 is 0 Å². The minimum Gasteiger partial charge on any atom is -0.387 e. The number of benzene rings is 2. The lowest BCUT2D eigenvalue weighted by molar-refractivity contribution is -0.384. The van der Waals surface area contributed by atoms with Crippen LogP contribution in [-0.4, -0.2) is 26.5 Å². The number of nitrogens with one attached hydrogen (secondary N) is 1. The highest BCUT2D eigenvalue weighted by Gasteiger charge is 2.15. The summed E-state index contributed by atoms with van der Waals surface area (Å²) < 4.78 is 13.3. The maximum Gasteiger partial charge on any atom is 0.269 e. The molecular formula is C20H15FN4O3S. The van der Waals surface area contributed by atoms with Crippen LogP contribution in [0.1, 0.15) is 11.7 Å². The standard InChI is InChI=1S/C20H15FN4O3S/c21-14-5-1-12(2-6-14)16-10-29-20-18(16)19(23-11-24-20)22-9-17(26)13-3-7-15(8-4-13)25(27)28/h1-8,10-11,17,26H,9H2,(H,22,23,24)/t17-/m0/s1. The molecule has 0 bridgehead atoms. The zero-order chi connectivity index (χ0) is 20.4. The van der Waals surface area contributed by atoms with Gasteiger partial charge in [0.2, 0.25) is 0 Å². The van der Waals surface area contributed by atoms with Crippen molar-refractivity contribution in [2.75, 3.05) is 11.9 Å². The lowest BCUT2D eigenvalue weighted by Gasteiger charge is -2.13. The predicted octanol–water partition coefficient (Wildman–Crippen LogP) is 4.55. The zero-order valence-corrected chi connectivity index (χ0v) is 15.8. The normalized spacial score (nSPS) is 12.1. The van der Waals surface area contributed by atoms with Crippen molar-refractivity contribution in [1.29, 1.82) is 0 Å². The molecule has 0 amide bonds. The number of nitrogens with zero attached hydrogens (tertiary/aromatic N) is 3. The molecule has 9 heteroatoms. The number of aliphatic hydroxyl groups is 1. The van der Waals surface area contributed by atoms with Crippen molar-refractivity contribution < 1.29 is 14.4 Å². The molecule has 0 radical (unpaired) electrons. The van der Waals surface area contributed by atoms with Crippen molar-refractivity contribution in [3.8, 4) is 11.1 Å². The largest absolute Gasteiger partial charge is 0.387 e. The van der Waals surface area contributed by atoms with E-state index in [2.05, 4.69) is 15.3 Å². The van der Waals surface area contributed by atoms with Crippen LogP contribution in [0.5, 0.6) is 0 Å². The molecule has 2 heterocycles. The molecule has 2 N–H and O–H groups in total. The first-order valence-corrected chi connectivity index (χ1v) is 9.55. The number of fused-ring (bicyclic) bond motifs is 1. The van der Waals surface area contributed by atoms with Crippen molar-refractivity contribution in [2.45, 2.75) is 6.10 Å². The Morgan fingerprint density at radius 1 is 1.14 bits per heavy atom. The van der Waals surface area contributed by atoms with Crippen LogP contribution in [0, 0.1) is 15.9 Å². The Morgan fingerprint density at radius 3 is 2.55 bits per heavy atom. The predicted molar refractivity (Wildman–Crippen MR) is 109 cm³/mol. The zero-order valence-electron chi connectivity index (χ0n) is 14.9. The number of aromatic nitrogens is 2. The summed E-state index contributed by atoms with van der Waals surface area (Å²) in [4.78, 5) is 19.6. The molecule has 0 spiro atoms. The molecule has 0 fully saturated rings. The number of halogens is 1. The fraction of sp³-hybridized carbons (Fsp3) is 0.100. The van der Waals surface area contributed by atoms with Crippen molar-refractivity contribution in [3.05, 3.63) is 81.7 Å². The monoisotopic (exact) mass is 410 g/mol. The van der Waals surface area contributed by atoms with Gasteiger partial charge in [0.1, 0.15) is 22.8 Å². The molecule has 7 nitrogen and oxygen atoms in total. The van der Waals surface area contributed by atoms with Crippen LogP contribution in [0.15, 0.2) is 60.2 Å². The highest BCUT2D eigenvalue weighted by Crippen LogP contribution is 2.36. The van der Waals surface area contributed by atoms with Gasteiger partial charge in [0.15, 0.2) is 0 Å². The minimum atomic E-state index is -0.881. The van der Waals surface area contributed by atoms with E-state index in [4.69, 9.17) is 0 Å². The van der Waals surface area contributed by atoms with Crippen LogP contribution < -0.4 is 5.32 Å². The first-order chi connectivity index (χ1) is 14.0. The fourth-order valence-electron chi connectivity index (χ4n) is 2.98. The van der Waals surface area contributed by atoms with Crippen LogP contribution in [-0.2, 0) is 0 Å². The summed E-state index contributed by atoms with van der Waals surface area (Å²) in [6.45, 7) is 0.155. The molecule has 4 rings (SSSR count). The Hall–Kier alpha value is -3.43. The number of nitro benzene ring substituents is 1. The Balaban J connectivity index is 1.58. The maximum atomic E-state index is 13.3. The van der Waals surface area contributed by atoms with Crippen LogP contribution in [0.2, 0.25) is 0 Å². The molecule has 0 unspecified atom stereocenters. The second kappa shape index (κ2) is 7.90. The number of non-ortho nitro benzene ring substituents is 1. The third kappa shape index (κ3) is 3.91. The van der Waals surface area contributed by atoms with E-state index in [0.717, 1.165) is 21.3 Å². The first kappa shape index (κ1) is 18.9. The molecule has 0 aliphatic carbocycles. The molecule has 2 aromatic carbocycles. The first-order valence-electron chi connectivity index (χ1n) is 8.67. The van der Waals surface area contributed by atoms with Crippen molar-refractivity contribution in [1.82, 2.24) is 9.97 Å². The van der Waals surface area contributed by atoms with E-state index in [1.165, 1.54) is 54.1 Å². The van der Waals surface area contributed by atoms with Gasteiger partial charge in [-0.2, -0.15) is 0 Å². The molecule has 0 aliphatic heterocycles. The number of hydrogen-bond donors (Lipinski definition) is 2. The van der Waals surface area contributed by atoms with Crippen LogP contribution >= 0.6 is 11.3 Å². The highest BCUT2D eigenvalue weighted by atomic mass is 32.1. The quantitative estimate of drug-likeness (QED) is 0.357. The summed E-state index contributed by atoms with van der Waals surface area (Å²) in [5, 5.41) is 27.0. The molecule has 0 aliphatic rings. The molecule has 4 aromatic rings. The van der Waals surface area contributed by atoms with Crippen LogP contribution in [0.3, 0.4) is 0 Å². The summed E-state index contributed by atoms with van der Waals surface area (Å²) in [7, 11) is 0. The summed E-state index contributed by atoms with van der Waals surface area (Å²) in [5.41, 5.74) is 2.23. The van der Waals surface area contributed by atoms with Crippen LogP contribution in [0.4, 0.5) is 15.9 Å². The second-order valence-electron chi connectivity index (χ2n) is 6.30. The molecule has 146 valence electrons. The Morgan fingerprint density at radius 2 is 1.86 bits per heavy atom. The van der Waals surface area contributed by atoms with E-state index in [-0.39, 0.29) is 18.0 Å². The van der Waals surface area contributed by atoms with Crippen molar-refractivity contribution in [3.63, 3.8) is 0 Å². The number of rotatable bonds is 6. The van der Waals surface area contributed by atoms with Gasteiger partial charge >= 0.3 is 0 Å². The van der Waals surface area contributed by atoms with Gasteiger partial charge in [0, 0.05) is 29.6 Å². The van der Waals surface area contributed by atoms with Gasteiger partial charge in [-0.1, -0.05) is 12.1 Å². The Bertz CT molecular complexity index is 1160. The van der Waals surface area contributed by atoms with E-state index in [0.29, 0.717) is 11.4 Å². The van der Waals surface area contributed by atoms with E-state index in [1.54, 1.807) is 12.1 Å². The van der Waals surface area contributed by atoms with Gasteiger partial charge in [-0.25, -0.2) is 14.4 Å². The fourth-order valence-corrected chi connectivity index (χ4v) is 3.90. The average molecular weight is 410 g/mol. The van der Waals surface area contributed by atoms with Gasteiger partial charge in [-0.05, 0) is 35.4 Å². The number of anilines is 1. The van der Waals surface area contributed by atoms with Gasteiger partial charge < -0.3 is 10.4 Å². The smallest absolute Gasteiger partial charge is 0.269 e.